The lowest BCUT2D eigenvalue weighted by molar-refractivity contribution is 0.111. The minimum absolute atomic E-state index is 0.540. The number of nitrogens with zero attached hydrogens (tertiary/aromatic N) is 1. The second kappa shape index (κ2) is 7.14. The van der Waals surface area contributed by atoms with E-state index in [0.717, 1.165) is 25.9 Å². The van der Waals surface area contributed by atoms with Gasteiger partial charge in [0.1, 0.15) is 6.61 Å². The Hall–Kier alpha value is -1.55. The summed E-state index contributed by atoms with van der Waals surface area (Å²) in [5.74, 6) is 1.17. The van der Waals surface area contributed by atoms with Crippen molar-refractivity contribution in [2.24, 2.45) is 0 Å². The third-order valence-corrected chi connectivity index (χ3v) is 3.46. The van der Waals surface area contributed by atoms with Crippen LogP contribution in [0.5, 0.6) is 11.5 Å². The van der Waals surface area contributed by atoms with Crippen LogP contribution in [0.2, 0.25) is 0 Å². The molecule has 0 N–H and O–H groups in total. The van der Waals surface area contributed by atoms with Crippen LogP contribution in [-0.2, 0) is 0 Å². The molecule has 2 rings (SSSR count). The molecule has 19 heavy (non-hydrogen) atoms. The molecule has 4 nitrogen and oxygen atoms in total. The van der Waals surface area contributed by atoms with Crippen molar-refractivity contribution in [3.05, 3.63) is 23.8 Å². The van der Waals surface area contributed by atoms with Crippen LogP contribution in [0.1, 0.15) is 29.6 Å². The van der Waals surface area contributed by atoms with E-state index in [1.54, 1.807) is 19.2 Å². The lowest BCUT2D eigenvalue weighted by Gasteiger charge is -2.26. The Balaban J connectivity index is 1.92. The van der Waals surface area contributed by atoms with Crippen LogP contribution in [0.4, 0.5) is 0 Å². The van der Waals surface area contributed by atoms with E-state index in [1.165, 1.54) is 19.3 Å². The van der Waals surface area contributed by atoms with Gasteiger partial charge in [0.25, 0.3) is 0 Å². The molecule has 0 radical (unpaired) electrons. The number of piperidine rings is 1. The molecule has 104 valence electrons. The summed E-state index contributed by atoms with van der Waals surface area (Å²) in [6.45, 7) is 3.78. The van der Waals surface area contributed by atoms with Gasteiger partial charge in [-0.25, -0.2) is 0 Å². The number of likely N-dealkylation sites (tertiary alicyclic amines) is 1. The first kappa shape index (κ1) is 13.9. The molecule has 1 fully saturated rings. The Kier molecular flexibility index (Phi) is 5.21. The molecule has 0 amide bonds. The zero-order valence-electron chi connectivity index (χ0n) is 11.4. The normalized spacial score (nSPS) is 16.1. The highest BCUT2D eigenvalue weighted by Gasteiger charge is 2.12. The first-order chi connectivity index (χ1) is 9.35. The molecule has 1 aliphatic rings. The van der Waals surface area contributed by atoms with Crippen molar-refractivity contribution in [3.63, 3.8) is 0 Å². The van der Waals surface area contributed by atoms with Crippen LogP contribution < -0.4 is 9.47 Å². The van der Waals surface area contributed by atoms with Crippen molar-refractivity contribution in [1.82, 2.24) is 4.90 Å². The van der Waals surface area contributed by atoms with Crippen LogP contribution in [0.25, 0.3) is 0 Å². The fraction of sp³-hybridized carbons (Fsp3) is 0.533. The third-order valence-electron chi connectivity index (χ3n) is 3.46. The van der Waals surface area contributed by atoms with Crippen LogP contribution in [-0.4, -0.2) is 44.5 Å². The van der Waals surface area contributed by atoms with E-state index in [-0.39, 0.29) is 0 Å². The molecule has 0 saturated carbocycles. The van der Waals surface area contributed by atoms with Gasteiger partial charge in [-0.2, -0.15) is 0 Å². The molecule has 1 aromatic rings. The molecule has 0 aliphatic carbocycles. The summed E-state index contributed by atoms with van der Waals surface area (Å²) in [7, 11) is 1.58. The summed E-state index contributed by atoms with van der Waals surface area (Å²) in [5.41, 5.74) is 0.540. The summed E-state index contributed by atoms with van der Waals surface area (Å²) in [6.07, 6.45) is 4.68. The van der Waals surface area contributed by atoms with E-state index in [4.69, 9.17) is 9.47 Å². The molecule has 1 heterocycles. The highest BCUT2D eigenvalue weighted by Crippen LogP contribution is 2.29. The fourth-order valence-electron chi connectivity index (χ4n) is 2.40. The van der Waals surface area contributed by atoms with Gasteiger partial charge in [0, 0.05) is 6.54 Å². The van der Waals surface area contributed by atoms with Crippen molar-refractivity contribution in [1.29, 1.82) is 0 Å². The molecule has 0 unspecified atom stereocenters. The van der Waals surface area contributed by atoms with Gasteiger partial charge in [-0.05, 0) is 38.1 Å². The minimum Gasteiger partial charge on any atom is -0.493 e. The van der Waals surface area contributed by atoms with Crippen molar-refractivity contribution in [3.8, 4) is 11.5 Å². The Bertz CT molecular complexity index is 414. The van der Waals surface area contributed by atoms with E-state index in [1.807, 2.05) is 6.07 Å². The van der Waals surface area contributed by atoms with Crippen LogP contribution in [0.15, 0.2) is 18.2 Å². The number of carbonyl (C=O) groups is 1. The van der Waals surface area contributed by atoms with Crippen molar-refractivity contribution < 1.29 is 14.3 Å². The third kappa shape index (κ3) is 3.70. The average Bonchev–Trinajstić information content (AvgIpc) is 2.48. The minimum atomic E-state index is 0.540. The number of methoxy groups -OCH3 is 1. The van der Waals surface area contributed by atoms with E-state index in [2.05, 4.69) is 4.90 Å². The SMILES string of the molecule is COc1cccc(C=O)c1OCCN1CCCCC1. The predicted octanol–water partition coefficient (Wildman–Crippen LogP) is 2.37. The topological polar surface area (TPSA) is 38.8 Å². The number of ether oxygens (including phenoxy) is 2. The molecule has 4 heteroatoms. The van der Waals surface area contributed by atoms with E-state index in [9.17, 15) is 4.79 Å². The van der Waals surface area contributed by atoms with E-state index >= 15 is 0 Å². The smallest absolute Gasteiger partial charge is 0.171 e. The second-order valence-corrected chi connectivity index (χ2v) is 4.75. The van der Waals surface area contributed by atoms with Crippen LogP contribution in [0, 0.1) is 0 Å². The van der Waals surface area contributed by atoms with Crippen LogP contribution in [0.3, 0.4) is 0 Å². The number of benzene rings is 1. The van der Waals surface area contributed by atoms with Gasteiger partial charge in [-0.3, -0.25) is 9.69 Å². The van der Waals surface area contributed by atoms with Crippen molar-refractivity contribution >= 4 is 6.29 Å². The molecule has 1 saturated heterocycles. The summed E-state index contributed by atoms with van der Waals surface area (Å²) in [4.78, 5) is 13.4. The molecule has 0 bridgehead atoms. The van der Waals surface area contributed by atoms with Crippen molar-refractivity contribution in [2.75, 3.05) is 33.4 Å². The Labute approximate surface area is 114 Å². The molecular formula is C15H21NO3. The number of hydrogen-bond donors (Lipinski definition) is 0. The Morgan fingerprint density at radius 2 is 2.05 bits per heavy atom. The summed E-state index contributed by atoms with van der Waals surface area (Å²) < 4.78 is 11.0. The quantitative estimate of drug-likeness (QED) is 0.739. The van der Waals surface area contributed by atoms with Gasteiger partial charge < -0.3 is 9.47 Å². The monoisotopic (exact) mass is 263 g/mol. The summed E-state index contributed by atoms with van der Waals surface area (Å²) in [5, 5.41) is 0. The van der Waals surface area contributed by atoms with Gasteiger partial charge in [-0.1, -0.05) is 12.5 Å². The van der Waals surface area contributed by atoms with Gasteiger partial charge in [0.2, 0.25) is 0 Å². The molecule has 1 aromatic carbocycles. The molecule has 0 spiro atoms. The van der Waals surface area contributed by atoms with Crippen molar-refractivity contribution in [2.45, 2.75) is 19.3 Å². The average molecular weight is 263 g/mol. The highest BCUT2D eigenvalue weighted by atomic mass is 16.5. The zero-order chi connectivity index (χ0) is 13.5. The number of aldehydes is 1. The fourth-order valence-corrected chi connectivity index (χ4v) is 2.40. The maximum absolute atomic E-state index is 11.0. The largest absolute Gasteiger partial charge is 0.493 e. The number of rotatable bonds is 6. The highest BCUT2D eigenvalue weighted by molar-refractivity contribution is 5.81. The second-order valence-electron chi connectivity index (χ2n) is 4.75. The summed E-state index contributed by atoms with van der Waals surface area (Å²) in [6, 6.07) is 5.34. The molecule has 0 atom stereocenters. The maximum Gasteiger partial charge on any atom is 0.171 e. The number of para-hydroxylation sites is 1. The van der Waals surface area contributed by atoms with Gasteiger partial charge in [0.05, 0.1) is 12.7 Å². The predicted molar refractivity (Wildman–Crippen MR) is 74.2 cm³/mol. The number of hydrogen-bond acceptors (Lipinski definition) is 4. The first-order valence-electron chi connectivity index (χ1n) is 6.82. The molecule has 1 aliphatic heterocycles. The first-order valence-corrected chi connectivity index (χ1v) is 6.82. The molecule has 0 aromatic heterocycles. The van der Waals surface area contributed by atoms with E-state index in [0.29, 0.717) is 23.7 Å². The number of carbonyl (C=O) groups excluding carboxylic acids is 1. The molecular weight excluding hydrogens is 242 g/mol. The Morgan fingerprint density at radius 3 is 2.74 bits per heavy atom. The maximum atomic E-state index is 11.0. The zero-order valence-corrected chi connectivity index (χ0v) is 11.4. The van der Waals surface area contributed by atoms with Gasteiger partial charge in [0.15, 0.2) is 17.8 Å². The van der Waals surface area contributed by atoms with Gasteiger partial charge in [-0.15, -0.1) is 0 Å². The summed E-state index contributed by atoms with van der Waals surface area (Å²) >= 11 is 0. The standard InChI is InChI=1S/C15H21NO3/c1-18-14-7-5-6-13(12-17)15(14)19-11-10-16-8-3-2-4-9-16/h5-7,12H,2-4,8-11H2,1H3. The van der Waals surface area contributed by atoms with E-state index < -0.39 is 0 Å². The lowest BCUT2D eigenvalue weighted by Crippen LogP contribution is -2.33. The van der Waals surface area contributed by atoms with Crippen LogP contribution >= 0.6 is 0 Å². The van der Waals surface area contributed by atoms with Gasteiger partial charge >= 0.3 is 0 Å². The lowest BCUT2D eigenvalue weighted by atomic mass is 10.1. The Morgan fingerprint density at radius 1 is 1.26 bits per heavy atom.